The first-order valence-corrected chi connectivity index (χ1v) is 7.43. The van der Waals surface area contributed by atoms with Gasteiger partial charge in [-0.1, -0.05) is 40.2 Å². The Morgan fingerprint density at radius 2 is 1.62 bits per heavy atom. The normalized spacial score (nSPS) is 15.0. The number of benzene rings is 2. The van der Waals surface area contributed by atoms with Crippen LogP contribution in [0.15, 0.2) is 46.9 Å². The molecule has 0 radical (unpaired) electrons. The molecule has 1 N–H and O–H groups in total. The number of hydrogen-bond acceptors (Lipinski definition) is 1. The highest BCUT2D eigenvalue weighted by Gasteiger charge is 2.34. The Balaban J connectivity index is 1.85. The van der Waals surface area contributed by atoms with Crippen molar-refractivity contribution in [3.63, 3.8) is 0 Å². The van der Waals surface area contributed by atoms with E-state index in [9.17, 15) is 13.2 Å². The van der Waals surface area contributed by atoms with Crippen molar-refractivity contribution in [2.45, 2.75) is 25.1 Å². The van der Waals surface area contributed by atoms with E-state index in [-0.39, 0.29) is 11.7 Å². The van der Waals surface area contributed by atoms with Crippen LogP contribution in [0.25, 0.3) is 0 Å². The Morgan fingerprint density at radius 3 is 2.19 bits per heavy atom. The molecule has 21 heavy (non-hydrogen) atoms. The van der Waals surface area contributed by atoms with Crippen molar-refractivity contribution in [2.75, 3.05) is 5.32 Å². The summed E-state index contributed by atoms with van der Waals surface area (Å²) in [6, 6.07) is 12.0. The summed E-state index contributed by atoms with van der Waals surface area (Å²) in [5, 5.41) is 3.05. The minimum Gasteiger partial charge on any atom is -0.381 e. The van der Waals surface area contributed by atoms with E-state index in [2.05, 4.69) is 21.2 Å². The van der Waals surface area contributed by atoms with Crippen molar-refractivity contribution in [3.05, 3.63) is 63.6 Å². The maximum atomic E-state index is 13.1. The van der Waals surface area contributed by atoms with Crippen molar-refractivity contribution in [2.24, 2.45) is 0 Å². The van der Waals surface area contributed by atoms with Gasteiger partial charge in [0.15, 0.2) is 0 Å². The molecule has 2 aromatic carbocycles. The molecule has 0 aliphatic heterocycles. The maximum absolute atomic E-state index is 13.1. The van der Waals surface area contributed by atoms with E-state index in [1.807, 2.05) is 24.3 Å². The molecule has 2 aromatic rings. The second kappa shape index (κ2) is 5.37. The monoisotopic (exact) mass is 355 g/mol. The zero-order valence-electron chi connectivity index (χ0n) is 11.0. The number of nitrogens with one attached hydrogen (secondary N) is 1. The van der Waals surface area contributed by atoms with Gasteiger partial charge >= 0.3 is 6.18 Å². The van der Waals surface area contributed by atoms with Gasteiger partial charge in [0, 0.05) is 16.2 Å². The lowest BCUT2D eigenvalue weighted by atomic mass is 10.1. The summed E-state index contributed by atoms with van der Waals surface area (Å²) in [5.74, 6) is 0. The molecular formula is C16H13BrF3N. The third-order valence-electron chi connectivity index (χ3n) is 3.70. The van der Waals surface area contributed by atoms with Crippen LogP contribution in [0.5, 0.6) is 0 Å². The van der Waals surface area contributed by atoms with E-state index in [0.717, 1.165) is 18.9 Å². The highest BCUT2D eigenvalue weighted by Crippen LogP contribution is 2.37. The van der Waals surface area contributed by atoms with E-state index in [1.54, 1.807) is 0 Å². The molecular weight excluding hydrogens is 343 g/mol. The van der Waals surface area contributed by atoms with Gasteiger partial charge in [-0.3, -0.25) is 0 Å². The highest BCUT2D eigenvalue weighted by atomic mass is 79.9. The topological polar surface area (TPSA) is 12.0 Å². The summed E-state index contributed by atoms with van der Waals surface area (Å²) >= 11 is 3.23. The Hall–Kier alpha value is -1.49. The third-order valence-corrected chi connectivity index (χ3v) is 4.19. The molecule has 0 bridgehead atoms. The van der Waals surface area contributed by atoms with E-state index < -0.39 is 11.7 Å². The van der Waals surface area contributed by atoms with Crippen LogP contribution in [0.2, 0.25) is 0 Å². The second-order valence-electron chi connectivity index (χ2n) is 5.21. The summed E-state index contributed by atoms with van der Waals surface area (Å²) in [6.07, 6.45) is -2.85. The Morgan fingerprint density at radius 1 is 1.00 bits per heavy atom. The van der Waals surface area contributed by atoms with Crippen molar-refractivity contribution in [3.8, 4) is 0 Å². The van der Waals surface area contributed by atoms with Gasteiger partial charge in [-0.2, -0.15) is 13.2 Å². The SMILES string of the molecule is FC(F)(F)c1ccc(Br)cc1NC1Cc2ccccc2C1. The standard InChI is InChI=1S/C16H13BrF3N/c17-12-5-6-14(16(18,19)20)15(9-12)21-13-7-10-3-1-2-4-11(10)8-13/h1-6,9,13,21H,7-8H2. The number of hydrogen-bond donors (Lipinski definition) is 1. The number of fused-ring (bicyclic) bond motifs is 1. The van der Waals surface area contributed by atoms with Crippen LogP contribution >= 0.6 is 15.9 Å². The van der Waals surface area contributed by atoms with Gasteiger partial charge in [0.25, 0.3) is 0 Å². The molecule has 0 amide bonds. The molecule has 1 aliphatic carbocycles. The van der Waals surface area contributed by atoms with Gasteiger partial charge < -0.3 is 5.32 Å². The van der Waals surface area contributed by atoms with Crippen molar-refractivity contribution >= 4 is 21.6 Å². The number of halogens is 4. The van der Waals surface area contributed by atoms with Crippen molar-refractivity contribution in [1.29, 1.82) is 0 Å². The van der Waals surface area contributed by atoms with Crippen LogP contribution in [-0.2, 0) is 19.0 Å². The minimum atomic E-state index is -4.35. The van der Waals surface area contributed by atoms with Crippen LogP contribution in [-0.4, -0.2) is 6.04 Å². The molecule has 5 heteroatoms. The van der Waals surface area contributed by atoms with Crippen molar-refractivity contribution in [1.82, 2.24) is 0 Å². The van der Waals surface area contributed by atoms with E-state index in [1.165, 1.54) is 23.3 Å². The fraction of sp³-hybridized carbons (Fsp3) is 0.250. The summed E-state index contributed by atoms with van der Waals surface area (Å²) in [6.45, 7) is 0. The predicted octanol–water partition coefficient (Wildman–Crippen LogP) is 5.05. The first kappa shape index (κ1) is 14.4. The fourth-order valence-corrected chi connectivity index (χ4v) is 3.12. The molecule has 0 saturated heterocycles. The molecule has 1 nitrogen and oxygen atoms in total. The first-order valence-electron chi connectivity index (χ1n) is 6.63. The van der Waals surface area contributed by atoms with Gasteiger partial charge in [-0.05, 0) is 42.2 Å². The zero-order valence-corrected chi connectivity index (χ0v) is 12.6. The number of anilines is 1. The van der Waals surface area contributed by atoms with Gasteiger partial charge in [-0.15, -0.1) is 0 Å². The lowest BCUT2D eigenvalue weighted by molar-refractivity contribution is -0.137. The fourth-order valence-electron chi connectivity index (χ4n) is 2.76. The Kier molecular flexibility index (Phi) is 3.69. The largest absolute Gasteiger partial charge is 0.418 e. The molecule has 0 saturated carbocycles. The molecule has 0 heterocycles. The molecule has 0 fully saturated rings. The van der Waals surface area contributed by atoms with Crippen LogP contribution in [0.4, 0.5) is 18.9 Å². The van der Waals surface area contributed by atoms with Crippen LogP contribution in [0.3, 0.4) is 0 Å². The molecule has 0 spiro atoms. The summed E-state index contributed by atoms with van der Waals surface area (Å²) < 4.78 is 39.8. The van der Waals surface area contributed by atoms with Gasteiger partial charge in [0.05, 0.1) is 5.56 Å². The van der Waals surface area contributed by atoms with Crippen LogP contribution in [0, 0.1) is 0 Å². The average Bonchev–Trinajstić information content (AvgIpc) is 2.79. The van der Waals surface area contributed by atoms with Crippen LogP contribution < -0.4 is 5.32 Å². The first-order chi connectivity index (χ1) is 9.93. The van der Waals surface area contributed by atoms with E-state index in [0.29, 0.717) is 4.47 Å². The third kappa shape index (κ3) is 3.07. The number of alkyl halides is 3. The average molecular weight is 356 g/mol. The smallest absolute Gasteiger partial charge is 0.381 e. The zero-order chi connectivity index (χ0) is 15.0. The lowest BCUT2D eigenvalue weighted by Crippen LogP contribution is -2.22. The Bertz CT molecular complexity index is 642. The van der Waals surface area contributed by atoms with Gasteiger partial charge in [0.2, 0.25) is 0 Å². The minimum absolute atomic E-state index is 0.00204. The molecule has 3 rings (SSSR count). The highest BCUT2D eigenvalue weighted by molar-refractivity contribution is 9.10. The van der Waals surface area contributed by atoms with Crippen molar-refractivity contribution < 1.29 is 13.2 Å². The van der Waals surface area contributed by atoms with Gasteiger partial charge in [0.1, 0.15) is 0 Å². The molecule has 1 aliphatic rings. The Labute approximate surface area is 129 Å². The van der Waals surface area contributed by atoms with E-state index >= 15 is 0 Å². The molecule has 0 aromatic heterocycles. The van der Waals surface area contributed by atoms with Crippen LogP contribution in [0.1, 0.15) is 16.7 Å². The summed E-state index contributed by atoms with van der Waals surface area (Å²) in [7, 11) is 0. The maximum Gasteiger partial charge on any atom is 0.418 e. The molecule has 0 atom stereocenters. The predicted molar refractivity (Wildman–Crippen MR) is 80.4 cm³/mol. The number of rotatable bonds is 2. The lowest BCUT2D eigenvalue weighted by Gasteiger charge is -2.19. The molecule has 0 unspecified atom stereocenters. The summed E-state index contributed by atoms with van der Waals surface area (Å²) in [4.78, 5) is 0. The second-order valence-corrected chi connectivity index (χ2v) is 6.12. The summed E-state index contributed by atoms with van der Waals surface area (Å²) in [5.41, 5.74) is 1.92. The van der Waals surface area contributed by atoms with Gasteiger partial charge in [-0.25, -0.2) is 0 Å². The quantitative estimate of drug-likeness (QED) is 0.794. The molecule has 110 valence electrons. The van der Waals surface area contributed by atoms with E-state index in [4.69, 9.17) is 0 Å².